The molecule has 1 amide bonds. The lowest BCUT2D eigenvalue weighted by Gasteiger charge is -2.35. The molecule has 0 spiro atoms. The molecule has 2 atom stereocenters. The molecule has 7 heteroatoms. The smallest absolute Gasteiger partial charge is 0.293 e. The number of benzene rings is 1. The van der Waals surface area contributed by atoms with Gasteiger partial charge in [-0.15, -0.1) is 0 Å². The van der Waals surface area contributed by atoms with Crippen molar-refractivity contribution >= 4 is 11.7 Å². The van der Waals surface area contributed by atoms with Crippen LogP contribution in [0.3, 0.4) is 0 Å². The van der Waals surface area contributed by atoms with Gasteiger partial charge in [-0.2, -0.15) is 0 Å². The molecule has 2 N–H and O–H groups in total. The minimum Gasteiger partial charge on any atom is -0.352 e. The number of nitrogens with zero attached hydrogens (tertiary/aromatic N) is 3. The third kappa shape index (κ3) is 4.25. The van der Waals surface area contributed by atoms with Gasteiger partial charge in [0.2, 0.25) is 5.91 Å². The Balaban J connectivity index is 1.50. The number of carbonyl (C=O) groups is 1. The van der Waals surface area contributed by atoms with Crippen LogP contribution >= 0.6 is 0 Å². The molecule has 7 nitrogen and oxygen atoms in total. The Labute approximate surface area is 164 Å². The largest absolute Gasteiger partial charge is 0.352 e. The molecule has 1 saturated carbocycles. The predicted octanol–water partition coefficient (Wildman–Crippen LogP) is 1.36. The summed E-state index contributed by atoms with van der Waals surface area (Å²) in [5.41, 5.74) is 0.876. The summed E-state index contributed by atoms with van der Waals surface area (Å²) in [6.45, 7) is 1.46. The van der Waals surface area contributed by atoms with E-state index >= 15 is 0 Å². The summed E-state index contributed by atoms with van der Waals surface area (Å²) < 4.78 is 1.55. The van der Waals surface area contributed by atoms with Gasteiger partial charge < -0.3 is 14.8 Å². The van der Waals surface area contributed by atoms with Crippen LogP contribution in [0.4, 0.5) is 5.82 Å². The zero-order valence-electron chi connectivity index (χ0n) is 16.2. The van der Waals surface area contributed by atoms with E-state index in [1.54, 1.807) is 24.0 Å². The van der Waals surface area contributed by atoms with Gasteiger partial charge in [0, 0.05) is 44.6 Å². The summed E-state index contributed by atoms with van der Waals surface area (Å²) >= 11 is 0. The SMILES string of the molecule is Cn1ccnc(N2CCCC(NC(C(=O)NC3CC3)c3ccccc3)C2)c1=O. The number of aryl methyl sites for hydroxylation is 1. The molecular weight excluding hydrogens is 354 g/mol. The first-order valence-corrected chi connectivity index (χ1v) is 10.00. The van der Waals surface area contributed by atoms with Crippen molar-refractivity contribution in [3.63, 3.8) is 0 Å². The van der Waals surface area contributed by atoms with E-state index in [4.69, 9.17) is 0 Å². The first-order chi connectivity index (χ1) is 13.6. The van der Waals surface area contributed by atoms with E-state index in [0.717, 1.165) is 37.8 Å². The highest BCUT2D eigenvalue weighted by molar-refractivity contribution is 5.83. The topological polar surface area (TPSA) is 79.3 Å². The molecule has 0 radical (unpaired) electrons. The average molecular weight is 381 g/mol. The van der Waals surface area contributed by atoms with Gasteiger partial charge in [0.15, 0.2) is 5.82 Å². The van der Waals surface area contributed by atoms with Gasteiger partial charge in [-0.3, -0.25) is 14.9 Å². The molecule has 2 heterocycles. The first kappa shape index (κ1) is 18.7. The molecule has 1 aromatic carbocycles. The van der Waals surface area contributed by atoms with Gasteiger partial charge in [-0.1, -0.05) is 30.3 Å². The molecule has 4 rings (SSSR count). The van der Waals surface area contributed by atoms with Gasteiger partial charge in [0.25, 0.3) is 5.56 Å². The number of hydrogen-bond acceptors (Lipinski definition) is 5. The Bertz CT molecular complexity index is 878. The summed E-state index contributed by atoms with van der Waals surface area (Å²) in [6, 6.07) is 9.88. The number of hydrogen-bond donors (Lipinski definition) is 2. The van der Waals surface area contributed by atoms with Crippen molar-refractivity contribution in [2.75, 3.05) is 18.0 Å². The molecule has 2 unspecified atom stereocenters. The van der Waals surface area contributed by atoms with Crippen LogP contribution in [0.1, 0.15) is 37.3 Å². The molecule has 1 saturated heterocycles. The third-order valence-electron chi connectivity index (χ3n) is 5.44. The Morgan fingerprint density at radius 2 is 1.96 bits per heavy atom. The fraction of sp³-hybridized carbons (Fsp3) is 0.476. The summed E-state index contributed by atoms with van der Waals surface area (Å²) in [4.78, 5) is 31.6. The second-order valence-corrected chi connectivity index (χ2v) is 7.75. The number of amides is 1. The molecule has 28 heavy (non-hydrogen) atoms. The molecule has 2 fully saturated rings. The lowest BCUT2D eigenvalue weighted by molar-refractivity contribution is -0.123. The molecule has 148 valence electrons. The normalized spacial score (nSPS) is 20.6. The van der Waals surface area contributed by atoms with E-state index in [-0.39, 0.29) is 17.5 Å². The van der Waals surface area contributed by atoms with Gasteiger partial charge in [0.05, 0.1) is 0 Å². The highest BCUT2D eigenvalue weighted by atomic mass is 16.2. The van der Waals surface area contributed by atoms with E-state index in [1.807, 2.05) is 35.2 Å². The van der Waals surface area contributed by atoms with Gasteiger partial charge >= 0.3 is 0 Å². The van der Waals surface area contributed by atoms with Crippen molar-refractivity contribution in [3.05, 3.63) is 58.6 Å². The van der Waals surface area contributed by atoms with Gasteiger partial charge in [-0.25, -0.2) is 4.98 Å². The maximum atomic E-state index is 12.9. The minimum absolute atomic E-state index is 0.0274. The maximum absolute atomic E-state index is 12.9. The molecule has 1 aromatic heterocycles. The van der Waals surface area contributed by atoms with E-state index in [2.05, 4.69) is 15.6 Å². The van der Waals surface area contributed by atoms with Gasteiger partial charge in [0.1, 0.15) is 6.04 Å². The Kier molecular flexibility index (Phi) is 5.43. The lowest BCUT2D eigenvalue weighted by Crippen LogP contribution is -2.51. The lowest BCUT2D eigenvalue weighted by atomic mass is 10.0. The monoisotopic (exact) mass is 381 g/mol. The zero-order valence-corrected chi connectivity index (χ0v) is 16.2. The summed E-state index contributed by atoms with van der Waals surface area (Å²) in [5.74, 6) is 0.509. The Morgan fingerprint density at radius 1 is 1.18 bits per heavy atom. The zero-order chi connectivity index (χ0) is 19.5. The van der Waals surface area contributed by atoms with Crippen LogP contribution in [0.5, 0.6) is 0 Å². The fourth-order valence-electron chi connectivity index (χ4n) is 3.72. The van der Waals surface area contributed by atoms with Crippen LogP contribution in [-0.2, 0) is 11.8 Å². The van der Waals surface area contributed by atoms with Crippen LogP contribution in [-0.4, -0.2) is 40.6 Å². The number of aromatic nitrogens is 2. The fourth-order valence-corrected chi connectivity index (χ4v) is 3.72. The number of anilines is 1. The molecular formula is C21H27N5O2. The average Bonchev–Trinajstić information content (AvgIpc) is 3.53. The standard InChI is InChI=1S/C21H27N5O2/c1-25-13-11-22-19(21(25)28)26-12-5-8-17(14-26)23-18(15-6-3-2-4-7-15)20(27)24-16-9-10-16/h2-4,6-7,11,13,16-18,23H,5,8-10,12,14H2,1H3,(H,24,27). The highest BCUT2D eigenvalue weighted by Crippen LogP contribution is 2.23. The summed E-state index contributed by atoms with van der Waals surface area (Å²) in [7, 11) is 1.74. The van der Waals surface area contributed by atoms with Crippen molar-refractivity contribution in [1.29, 1.82) is 0 Å². The number of piperidine rings is 1. The summed E-state index contributed by atoms with van der Waals surface area (Å²) in [6.07, 6.45) is 7.36. The first-order valence-electron chi connectivity index (χ1n) is 10.00. The van der Waals surface area contributed by atoms with E-state index in [0.29, 0.717) is 18.4 Å². The molecule has 2 aliphatic rings. The van der Waals surface area contributed by atoms with Crippen molar-refractivity contribution in [3.8, 4) is 0 Å². The maximum Gasteiger partial charge on any atom is 0.293 e. The van der Waals surface area contributed by atoms with Gasteiger partial charge in [-0.05, 0) is 31.2 Å². The third-order valence-corrected chi connectivity index (χ3v) is 5.44. The molecule has 1 aliphatic heterocycles. The van der Waals surface area contributed by atoms with Crippen molar-refractivity contribution in [2.45, 2.75) is 43.8 Å². The Hall–Kier alpha value is -2.67. The van der Waals surface area contributed by atoms with Crippen molar-refractivity contribution in [1.82, 2.24) is 20.2 Å². The quantitative estimate of drug-likeness (QED) is 0.790. The van der Waals surface area contributed by atoms with Crippen molar-refractivity contribution < 1.29 is 4.79 Å². The predicted molar refractivity (Wildman–Crippen MR) is 108 cm³/mol. The molecule has 2 aromatic rings. The second kappa shape index (κ2) is 8.14. The van der Waals surface area contributed by atoms with Crippen LogP contribution in [0.15, 0.2) is 47.5 Å². The van der Waals surface area contributed by atoms with Crippen LogP contribution in [0, 0.1) is 0 Å². The molecule has 1 aliphatic carbocycles. The van der Waals surface area contributed by atoms with E-state index in [1.165, 1.54) is 0 Å². The number of rotatable bonds is 6. The van der Waals surface area contributed by atoms with Crippen molar-refractivity contribution in [2.24, 2.45) is 7.05 Å². The van der Waals surface area contributed by atoms with Crippen LogP contribution in [0.25, 0.3) is 0 Å². The van der Waals surface area contributed by atoms with Crippen LogP contribution in [0.2, 0.25) is 0 Å². The summed E-state index contributed by atoms with van der Waals surface area (Å²) in [5, 5.41) is 6.67. The van der Waals surface area contributed by atoms with E-state index < -0.39 is 6.04 Å². The van der Waals surface area contributed by atoms with E-state index in [9.17, 15) is 9.59 Å². The van der Waals surface area contributed by atoms with Crippen LogP contribution < -0.4 is 21.1 Å². The Morgan fingerprint density at radius 3 is 2.71 bits per heavy atom. The number of nitrogens with one attached hydrogen (secondary N) is 2. The molecule has 0 bridgehead atoms. The second-order valence-electron chi connectivity index (χ2n) is 7.75. The highest BCUT2D eigenvalue weighted by Gasteiger charge is 2.31. The number of carbonyl (C=O) groups excluding carboxylic acids is 1. The minimum atomic E-state index is -0.390.